The molecule has 1 aromatic heterocycles. The third-order valence-electron chi connectivity index (χ3n) is 4.32. The number of hydrogen-bond acceptors (Lipinski definition) is 7. The molecule has 0 saturated heterocycles. The van der Waals surface area contributed by atoms with Crippen LogP contribution in [0.2, 0.25) is 0 Å². The van der Waals surface area contributed by atoms with Crippen LogP contribution in [0.5, 0.6) is 5.75 Å². The molecular weight excluding hydrogens is 364 g/mol. The largest absolute Gasteiger partial charge is 0.482 e. The van der Waals surface area contributed by atoms with E-state index in [9.17, 15) is 14.4 Å². The van der Waals surface area contributed by atoms with Gasteiger partial charge in [0, 0.05) is 12.1 Å². The molecule has 1 amide bonds. The van der Waals surface area contributed by atoms with Crippen molar-refractivity contribution in [1.29, 1.82) is 0 Å². The van der Waals surface area contributed by atoms with E-state index < -0.39 is 18.4 Å². The first-order valence-electron chi connectivity index (χ1n) is 8.65. The molecule has 0 radical (unpaired) electrons. The Morgan fingerprint density at radius 3 is 2.86 bits per heavy atom. The van der Waals surface area contributed by atoms with E-state index in [0.717, 1.165) is 5.52 Å². The van der Waals surface area contributed by atoms with E-state index in [4.69, 9.17) is 9.47 Å². The molecule has 9 heteroatoms. The number of esters is 1. The van der Waals surface area contributed by atoms with E-state index in [1.165, 1.54) is 6.07 Å². The number of carbonyl (C=O) groups is 3. The van der Waals surface area contributed by atoms with Crippen molar-refractivity contribution in [2.75, 3.05) is 18.5 Å². The van der Waals surface area contributed by atoms with Crippen LogP contribution < -0.4 is 10.1 Å². The van der Waals surface area contributed by atoms with Gasteiger partial charge in [0.05, 0.1) is 16.8 Å². The molecule has 9 nitrogen and oxygen atoms in total. The maximum absolute atomic E-state index is 12.3. The monoisotopic (exact) mass is 380 g/mol. The standard InChI is InChI=1S/C19H16N4O5/c1-2-23-15-5-3-12(8-13(15)21-22-23)19(26)28-9-16(24)11-4-6-17-14(7-11)20-18(25)10-27-17/h3-8H,2,9-10H2,1H3,(H,20,25). The number of ether oxygens (including phenoxy) is 2. The Kier molecular flexibility index (Phi) is 4.48. The van der Waals surface area contributed by atoms with E-state index in [1.54, 1.807) is 35.0 Å². The van der Waals surface area contributed by atoms with Crippen LogP contribution in [0.15, 0.2) is 36.4 Å². The third-order valence-corrected chi connectivity index (χ3v) is 4.32. The van der Waals surface area contributed by atoms with E-state index in [2.05, 4.69) is 15.6 Å². The number of nitrogens with zero attached hydrogens (tertiary/aromatic N) is 3. The fourth-order valence-electron chi connectivity index (χ4n) is 2.89. The Hall–Kier alpha value is -3.75. The quantitative estimate of drug-likeness (QED) is 0.531. The van der Waals surface area contributed by atoms with Gasteiger partial charge in [-0.15, -0.1) is 5.10 Å². The highest BCUT2D eigenvalue weighted by Gasteiger charge is 2.19. The van der Waals surface area contributed by atoms with Crippen molar-refractivity contribution < 1.29 is 23.9 Å². The summed E-state index contributed by atoms with van der Waals surface area (Å²) in [5.74, 6) is -0.828. The fourth-order valence-corrected chi connectivity index (χ4v) is 2.89. The highest BCUT2D eigenvalue weighted by molar-refractivity contribution is 6.02. The minimum absolute atomic E-state index is 0.0612. The lowest BCUT2D eigenvalue weighted by Crippen LogP contribution is -2.25. The van der Waals surface area contributed by atoms with Gasteiger partial charge in [-0.1, -0.05) is 5.21 Å². The van der Waals surface area contributed by atoms with Crippen LogP contribution in [0.25, 0.3) is 11.0 Å². The minimum atomic E-state index is -0.629. The van der Waals surface area contributed by atoms with E-state index >= 15 is 0 Å². The third kappa shape index (κ3) is 3.29. The first kappa shape index (κ1) is 17.7. The second-order valence-corrected chi connectivity index (χ2v) is 6.16. The van der Waals surface area contributed by atoms with Crippen LogP contribution in [0.4, 0.5) is 5.69 Å². The second-order valence-electron chi connectivity index (χ2n) is 6.16. The van der Waals surface area contributed by atoms with Gasteiger partial charge in [-0.05, 0) is 43.3 Å². The highest BCUT2D eigenvalue weighted by Crippen LogP contribution is 2.28. The zero-order valence-corrected chi connectivity index (χ0v) is 15.0. The topological polar surface area (TPSA) is 112 Å². The van der Waals surface area contributed by atoms with Crippen LogP contribution >= 0.6 is 0 Å². The molecule has 0 saturated carbocycles. The molecule has 142 valence electrons. The van der Waals surface area contributed by atoms with Crippen LogP contribution in [0.1, 0.15) is 27.6 Å². The molecule has 4 rings (SSSR count). The summed E-state index contributed by atoms with van der Waals surface area (Å²) in [7, 11) is 0. The van der Waals surface area contributed by atoms with Crippen molar-refractivity contribution in [2.24, 2.45) is 0 Å². The fraction of sp³-hybridized carbons (Fsp3) is 0.211. The molecule has 0 atom stereocenters. The molecule has 1 aliphatic heterocycles. The van der Waals surface area contributed by atoms with Gasteiger partial charge in [0.2, 0.25) is 0 Å². The van der Waals surface area contributed by atoms with Crippen molar-refractivity contribution in [1.82, 2.24) is 15.0 Å². The van der Waals surface area contributed by atoms with Gasteiger partial charge < -0.3 is 14.8 Å². The van der Waals surface area contributed by atoms with Crippen molar-refractivity contribution in [2.45, 2.75) is 13.5 Å². The smallest absolute Gasteiger partial charge is 0.338 e. The van der Waals surface area contributed by atoms with Crippen LogP contribution in [0.3, 0.4) is 0 Å². The average molecular weight is 380 g/mol. The Labute approximate surface area is 159 Å². The molecule has 3 aromatic rings. The first-order valence-corrected chi connectivity index (χ1v) is 8.65. The summed E-state index contributed by atoms with van der Waals surface area (Å²) in [6, 6.07) is 9.57. The van der Waals surface area contributed by atoms with Gasteiger partial charge >= 0.3 is 5.97 Å². The number of ketones is 1. The number of nitrogens with one attached hydrogen (secondary N) is 1. The molecule has 1 N–H and O–H groups in total. The Bertz CT molecular complexity index is 1100. The summed E-state index contributed by atoms with van der Waals surface area (Å²) in [6.07, 6.45) is 0. The zero-order valence-electron chi connectivity index (χ0n) is 15.0. The van der Waals surface area contributed by atoms with Gasteiger partial charge in [-0.2, -0.15) is 0 Å². The molecule has 0 bridgehead atoms. The van der Waals surface area contributed by atoms with Crippen molar-refractivity contribution >= 4 is 34.4 Å². The van der Waals surface area contributed by atoms with Gasteiger partial charge in [0.15, 0.2) is 19.0 Å². The number of aromatic nitrogens is 3. The van der Waals surface area contributed by atoms with Crippen LogP contribution in [-0.2, 0) is 16.1 Å². The lowest BCUT2D eigenvalue weighted by molar-refractivity contribution is -0.118. The zero-order chi connectivity index (χ0) is 19.7. The van der Waals surface area contributed by atoms with E-state index in [-0.39, 0.29) is 18.1 Å². The predicted octanol–water partition coefficient (Wildman–Crippen LogP) is 1.82. The molecule has 0 fully saturated rings. The molecule has 2 aromatic carbocycles. The highest BCUT2D eigenvalue weighted by atomic mass is 16.5. The first-order chi connectivity index (χ1) is 13.5. The molecular formula is C19H16N4O5. The number of rotatable bonds is 5. The second kappa shape index (κ2) is 7.10. The van der Waals surface area contributed by atoms with Crippen LogP contribution in [0, 0.1) is 0 Å². The number of anilines is 1. The normalized spacial score (nSPS) is 12.8. The number of fused-ring (bicyclic) bond motifs is 2. The summed E-state index contributed by atoms with van der Waals surface area (Å²) in [5, 5.41) is 10.6. The van der Waals surface area contributed by atoms with Crippen molar-refractivity contribution in [3.05, 3.63) is 47.5 Å². The predicted molar refractivity (Wildman–Crippen MR) is 98.4 cm³/mol. The molecule has 28 heavy (non-hydrogen) atoms. The van der Waals surface area contributed by atoms with Gasteiger partial charge in [0.25, 0.3) is 5.91 Å². The number of benzene rings is 2. The molecule has 2 heterocycles. The van der Waals surface area contributed by atoms with Crippen molar-refractivity contribution in [3.8, 4) is 5.75 Å². The summed E-state index contributed by atoms with van der Waals surface area (Å²) in [6.45, 7) is 2.13. The number of hydrogen-bond donors (Lipinski definition) is 1. The summed E-state index contributed by atoms with van der Waals surface area (Å²) in [4.78, 5) is 36.0. The number of carbonyl (C=O) groups excluding carboxylic acids is 3. The average Bonchev–Trinajstić information content (AvgIpc) is 3.13. The van der Waals surface area contributed by atoms with Gasteiger partial charge in [-0.25, -0.2) is 9.48 Å². The van der Waals surface area contributed by atoms with Gasteiger partial charge in [-0.3, -0.25) is 9.59 Å². The summed E-state index contributed by atoms with van der Waals surface area (Å²) >= 11 is 0. The Balaban J connectivity index is 1.44. The summed E-state index contributed by atoms with van der Waals surface area (Å²) < 4.78 is 12.1. The number of Topliss-reactive ketones (excluding diaryl/α,β-unsaturated/α-hetero) is 1. The number of amides is 1. The lowest BCUT2D eigenvalue weighted by atomic mass is 10.1. The maximum Gasteiger partial charge on any atom is 0.338 e. The molecule has 1 aliphatic rings. The Morgan fingerprint density at radius 2 is 2.04 bits per heavy atom. The Morgan fingerprint density at radius 1 is 1.21 bits per heavy atom. The minimum Gasteiger partial charge on any atom is -0.482 e. The molecule has 0 spiro atoms. The molecule has 0 aliphatic carbocycles. The maximum atomic E-state index is 12.3. The van der Waals surface area contributed by atoms with E-state index in [0.29, 0.717) is 29.1 Å². The van der Waals surface area contributed by atoms with Gasteiger partial charge in [0.1, 0.15) is 11.3 Å². The molecule has 0 unspecified atom stereocenters. The lowest BCUT2D eigenvalue weighted by Gasteiger charge is -2.18. The van der Waals surface area contributed by atoms with Crippen molar-refractivity contribution in [3.63, 3.8) is 0 Å². The SMILES string of the molecule is CCn1nnc2cc(C(=O)OCC(=O)c3ccc4c(c3)NC(=O)CO4)ccc21. The number of aryl methyl sites for hydroxylation is 1. The van der Waals surface area contributed by atoms with E-state index in [1.807, 2.05) is 6.92 Å². The summed E-state index contributed by atoms with van der Waals surface area (Å²) in [5.41, 5.74) is 2.40. The van der Waals surface area contributed by atoms with Crippen LogP contribution in [-0.4, -0.2) is 45.9 Å².